The van der Waals surface area contributed by atoms with Gasteiger partial charge in [0.1, 0.15) is 0 Å². The predicted molar refractivity (Wildman–Crippen MR) is 93.2 cm³/mol. The topological polar surface area (TPSA) is 133 Å². The fourth-order valence-electron chi connectivity index (χ4n) is 2.22. The molecule has 0 spiro atoms. The van der Waals surface area contributed by atoms with Crippen LogP contribution in [-0.4, -0.2) is 34.9 Å². The van der Waals surface area contributed by atoms with Crippen LogP contribution in [0.5, 0.6) is 0 Å². The summed E-state index contributed by atoms with van der Waals surface area (Å²) in [5.74, 6) is -0.137. The Balaban J connectivity index is 2.52. The Morgan fingerprint density at radius 1 is 1.32 bits per heavy atom. The number of aromatic nitrogens is 2. The Labute approximate surface area is 149 Å². The Morgan fingerprint density at radius 3 is 2.40 bits per heavy atom. The number of hydrogen-bond donors (Lipinski definition) is 3. The lowest BCUT2D eigenvalue weighted by Gasteiger charge is -2.37. The highest BCUT2D eigenvalue weighted by Gasteiger charge is 2.57. The lowest BCUT2D eigenvalue weighted by atomic mass is 10.1. The highest BCUT2D eigenvalue weighted by Crippen LogP contribution is 2.68. The first-order valence-electron chi connectivity index (χ1n) is 7.55. The number of nitrogens with zero attached hydrogens (tertiary/aromatic N) is 2. The third-order valence-corrected chi connectivity index (χ3v) is 6.87. The zero-order valence-electron chi connectivity index (χ0n) is 13.8. The second-order valence-electron chi connectivity index (χ2n) is 4.92. The van der Waals surface area contributed by atoms with E-state index >= 15 is 0 Å². The molecule has 9 nitrogen and oxygen atoms in total. The molecule has 11 heteroatoms. The highest BCUT2D eigenvalue weighted by atomic mass is 35.5. The molecular weight excluding hydrogens is 371 g/mol. The van der Waals surface area contributed by atoms with E-state index < -0.39 is 18.4 Å². The van der Waals surface area contributed by atoms with Crippen LogP contribution in [0.4, 0.5) is 11.6 Å². The molecule has 0 amide bonds. The summed E-state index contributed by atoms with van der Waals surface area (Å²) in [6.07, 6.45) is -1.64. The number of aliphatic hydroxyl groups is 1. The summed E-state index contributed by atoms with van der Waals surface area (Å²) in [7, 11) is -4.02. The molecule has 2 rings (SSSR count). The van der Waals surface area contributed by atoms with E-state index in [2.05, 4.69) is 20.3 Å². The molecule has 0 saturated carbocycles. The molecule has 2 atom stereocenters. The van der Waals surface area contributed by atoms with E-state index in [1.165, 1.54) is 0 Å². The van der Waals surface area contributed by atoms with Crippen molar-refractivity contribution < 1.29 is 23.3 Å². The first kappa shape index (κ1) is 19.7. The van der Waals surface area contributed by atoms with E-state index in [-0.39, 0.29) is 24.8 Å². The van der Waals surface area contributed by atoms with Crippen LogP contribution in [0.3, 0.4) is 0 Å². The molecule has 0 saturated heterocycles. The van der Waals surface area contributed by atoms with Crippen LogP contribution in [0.15, 0.2) is 35.0 Å². The van der Waals surface area contributed by atoms with E-state index in [0.29, 0.717) is 5.56 Å². The SMILES string of the molecule is CCOP(=O)(OCC)C(Cl)(c1ccccc1)C(O)Nc1nonc1N. The molecule has 4 N–H and O–H groups in total. The molecule has 0 fully saturated rings. The second kappa shape index (κ2) is 8.16. The Bertz CT molecular complexity index is 721. The van der Waals surface area contributed by atoms with E-state index in [1.807, 2.05) is 0 Å². The van der Waals surface area contributed by atoms with Crippen LogP contribution in [0.1, 0.15) is 19.4 Å². The van der Waals surface area contributed by atoms with E-state index in [9.17, 15) is 9.67 Å². The molecule has 0 aliphatic carbocycles. The zero-order valence-corrected chi connectivity index (χ0v) is 15.4. The lowest BCUT2D eigenvalue weighted by Crippen LogP contribution is -2.41. The Morgan fingerprint density at radius 2 is 1.92 bits per heavy atom. The monoisotopic (exact) mass is 390 g/mol. The molecule has 2 aromatic rings. The summed E-state index contributed by atoms with van der Waals surface area (Å²) in [6, 6.07) is 8.34. The van der Waals surface area contributed by atoms with Gasteiger partial charge in [0.2, 0.25) is 16.3 Å². The average Bonchev–Trinajstić information content (AvgIpc) is 3.00. The molecule has 1 heterocycles. The smallest absolute Gasteiger partial charge is 0.360 e. The first-order chi connectivity index (χ1) is 11.9. The molecule has 1 aromatic heterocycles. The quantitative estimate of drug-likeness (QED) is 0.335. The van der Waals surface area contributed by atoms with Gasteiger partial charge in [0, 0.05) is 0 Å². The van der Waals surface area contributed by atoms with Gasteiger partial charge in [0.15, 0.2) is 6.23 Å². The van der Waals surface area contributed by atoms with Crippen molar-refractivity contribution in [2.24, 2.45) is 0 Å². The number of nitrogen functional groups attached to an aromatic ring is 1. The number of nitrogens with two attached hydrogens (primary N) is 1. The van der Waals surface area contributed by atoms with Gasteiger partial charge in [-0.2, -0.15) is 0 Å². The molecule has 25 heavy (non-hydrogen) atoms. The van der Waals surface area contributed by atoms with E-state index in [1.54, 1.807) is 44.2 Å². The largest absolute Gasteiger partial charge is 0.378 e. The van der Waals surface area contributed by atoms with Gasteiger partial charge in [0.25, 0.3) is 0 Å². The summed E-state index contributed by atoms with van der Waals surface area (Å²) in [6.45, 7) is 3.43. The molecule has 0 radical (unpaired) electrons. The predicted octanol–water partition coefficient (Wildman–Crippen LogP) is 2.74. The number of rotatable bonds is 9. The molecule has 2 unspecified atom stereocenters. The van der Waals surface area contributed by atoms with Crippen molar-refractivity contribution in [1.29, 1.82) is 0 Å². The van der Waals surface area contributed by atoms with Crippen LogP contribution >= 0.6 is 19.2 Å². The van der Waals surface area contributed by atoms with Gasteiger partial charge in [-0.3, -0.25) is 4.57 Å². The summed E-state index contributed by atoms with van der Waals surface area (Å²) in [4.78, 5) is 0. The normalized spacial score (nSPS) is 15.5. The summed E-state index contributed by atoms with van der Waals surface area (Å²) in [5.41, 5.74) is 5.91. The first-order valence-corrected chi connectivity index (χ1v) is 9.47. The second-order valence-corrected chi connectivity index (χ2v) is 7.99. The van der Waals surface area contributed by atoms with Crippen LogP contribution in [0, 0.1) is 0 Å². The van der Waals surface area contributed by atoms with E-state index in [0.717, 1.165) is 0 Å². The number of nitrogens with one attached hydrogen (secondary N) is 1. The average molecular weight is 391 g/mol. The minimum Gasteiger partial charge on any atom is -0.378 e. The molecule has 138 valence electrons. The minimum atomic E-state index is -4.02. The third kappa shape index (κ3) is 3.80. The van der Waals surface area contributed by atoms with Crippen molar-refractivity contribution in [2.75, 3.05) is 24.3 Å². The fraction of sp³-hybridized carbons (Fsp3) is 0.429. The number of anilines is 2. The van der Waals surface area contributed by atoms with Gasteiger partial charge in [0.05, 0.1) is 13.2 Å². The van der Waals surface area contributed by atoms with Crippen molar-refractivity contribution in [1.82, 2.24) is 10.3 Å². The van der Waals surface area contributed by atoms with Crippen LogP contribution in [0.25, 0.3) is 0 Å². The standard InChI is InChI=1S/C14H20ClN4O5P/c1-3-22-25(21,23-4-2)14(15,10-8-6-5-7-9-10)13(20)17-12-11(16)18-24-19-12/h5-9,13,20H,3-4H2,1-2H3,(H2,16,18)(H,17,19). The number of alkyl halides is 1. The summed E-state index contributed by atoms with van der Waals surface area (Å²) < 4.78 is 26.7. The number of benzene rings is 1. The Hall–Kier alpha value is -1.64. The van der Waals surface area contributed by atoms with Crippen molar-refractivity contribution in [2.45, 2.75) is 24.7 Å². The van der Waals surface area contributed by atoms with Crippen molar-refractivity contribution in [3.63, 3.8) is 0 Å². The maximum atomic E-state index is 13.4. The lowest BCUT2D eigenvalue weighted by molar-refractivity contribution is 0.141. The number of aliphatic hydroxyl groups excluding tert-OH is 1. The fourth-order valence-corrected chi connectivity index (χ4v) is 4.66. The van der Waals surface area contributed by atoms with Crippen molar-refractivity contribution in [3.05, 3.63) is 35.9 Å². The minimum absolute atomic E-state index is 0.0481. The van der Waals surface area contributed by atoms with Gasteiger partial charge >= 0.3 is 7.60 Å². The summed E-state index contributed by atoms with van der Waals surface area (Å²) >= 11 is 6.70. The van der Waals surface area contributed by atoms with Gasteiger partial charge in [-0.05, 0) is 29.7 Å². The molecular formula is C14H20ClN4O5P. The number of halogens is 1. The molecule has 0 bridgehead atoms. The van der Waals surface area contributed by atoms with Crippen LogP contribution < -0.4 is 11.1 Å². The number of hydrogen-bond acceptors (Lipinski definition) is 9. The van der Waals surface area contributed by atoms with E-state index in [4.69, 9.17) is 26.4 Å². The third-order valence-electron chi connectivity index (χ3n) is 3.33. The Kier molecular flexibility index (Phi) is 6.42. The zero-order chi connectivity index (χ0) is 18.5. The van der Waals surface area contributed by atoms with Crippen LogP contribution in [-0.2, 0) is 18.2 Å². The van der Waals surface area contributed by atoms with Gasteiger partial charge in [-0.1, -0.05) is 41.9 Å². The maximum absolute atomic E-state index is 13.4. The maximum Gasteiger partial charge on any atom is 0.360 e. The highest BCUT2D eigenvalue weighted by molar-refractivity contribution is 7.57. The van der Waals surface area contributed by atoms with Crippen molar-refractivity contribution >= 4 is 30.8 Å². The van der Waals surface area contributed by atoms with Gasteiger partial charge in [-0.25, -0.2) is 4.63 Å². The van der Waals surface area contributed by atoms with Gasteiger partial charge < -0.3 is 25.2 Å². The molecule has 0 aliphatic rings. The summed E-state index contributed by atoms with van der Waals surface area (Å²) in [5, 5.41) is 20.2. The van der Waals surface area contributed by atoms with Crippen LogP contribution in [0.2, 0.25) is 0 Å². The molecule has 0 aliphatic heterocycles. The van der Waals surface area contributed by atoms with Gasteiger partial charge in [-0.15, -0.1) is 0 Å². The van der Waals surface area contributed by atoms with Crippen molar-refractivity contribution in [3.8, 4) is 0 Å². The molecule has 1 aromatic carbocycles.